The van der Waals surface area contributed by atoms with Gasteiger partial charge >= 0.3 is 0 Å². The van der Waals surface area contributed by atoms with E-state index in [2.05, 4.69) is 34.2 Å². The summed E-state index contributed by atoms with van der Waals surface area (Å²) in [7, 11) is 0. The van der Waals surface area contributed by atoms with E-state index < -0.39 is 0 Å². The van der Waals surface area contributed by atoms with Gasteiger partial charge in [-0.2, -0.15) is 0 Å². The normalized spacial score (nSPS) is 17.5. The Hall–Kier alpha value is -0.0500. The second-order valence-corrected chi connectivity index (χ2v) is 6.50. The third-order valence-corrected chi connectivity index (χ3v) is 4.69. The van der Waals surface area contributed by atoms with Crippen LogP contribution in [0.5, 0.6) is 0 Å². The Morgan fingerprint density at radius 2 is 2.22 bits per heavy atom. The molecular formula is C15H21BrClN. The predicted molar refractivity (Wildman–Crippen MR) is 82.1 cm³/mol. The summed E-state index contributed by atoms with van der Waals surface area (Å²) in [6, 6.07) is 6.60. The van der Waals surface area contributed by atoms with Crippen LogP contribution in [0.2, 0.25) is 5.02 Å². The molecule has 0 aromatic heterocycles. The molecule has 0 aliphatic heterocycles. The molecule has 2 rings (SSSR count). The molecule has 1 unspecified atom stereocenters. The van der Waals surface area contributed by atoms with Crippen LogP contribution in [0.4, 0.5) is 0 Å². The van der Waals surface area contributed by atoms with E-state index in [-0.39, 0.29) is 0 Å². The first-order chi connectivity index (χ1) is 8.70. The van der Waals surface area contributed by atoms with Gasteiger partial charge in [0, 0.05) is 15.5 Å². The molecule has 1 aliphatic rings. The SMILES string of the molecule is CCCNC(CC1CCC1)c1ccc(Cl)cc1Br. The van der Waals surface area contributed by atoms with Crippen molar-refractivity contribution in [2.75, 3.05) is 6.54 Å². The standard InChI is InChI=1S/C15H21BrClN/c1-2-8-18-15(9-11-4-3-5-11)13-7-6-12(17)10-14(13)16/h6-7,10-11,15,18H,2-5,8-9H2,1H3. The van der Waals surface area contributed by atoms with Gasteiger partial charge in [-0.15, -0.1) is 0 Å². The van der Waals surface area contributed by atoms with Crippen molar-refractivity contribution in [2.24, 2.45) is 5.92 Å². The maximum atomic E-state index is 6.02. The number of benzene rings is 1. The fourth-order valence-corrected chi connectivity index (χ4v) is 3.44. The molecule has 0 radical (unpaired) electrons. The Morgan fingerprint density at radius 3 is 2.78 bits per heavy atom. The van der Waals surface area contributed by atoms with Crippen molar-refractivity contribution in [1.82, 2.24) is 5.32 Å². The molecule has 0 spiro atoms. The topological polar surface area (TPSA) is 12.0 Å². The van der Waals surface area contributed by atoms with Crippen LogP contribution in [0.3, 0.4) is 0 Å². The van der Waals surface area contributed by atoms with Gasteiger partial charge in [0.1, 0.15) is 0 Å². The number of nitrogens with one attached hydrogen (secondary N) is 1. The van der Waals surface area contributed by atoms with Crippen molar-refractivity contribution in [3.8, 4) is 0 Å². The molecule has 1 N–H and O–H groups in total. The molecule has 100 valence electrons. The summed E-state index contributed by atoms with van der Waals surface area (Å²) in [6.45, 7) is 3.29. The van der Waals surface area contributed by atoms with Crippen LogP contribution in [-0.2, 0) is 0 Å². The predicted octanol–water partition coefficient (Wildman–Crippen LogP) is 5.33. The highest BCUT2D eigenvalue weighted by Crippen LogP contribution is 2.37. The van der Waals surface area contributed by atoms with Crippen LogP contribution in [0, 0.1) is 5.92 Å². The minimum Gasteiger partial charge on any atom is -0.310 e. The summed E-state index contributed by atoms with van der Waals surface area (Å²) in [5.41, 5.74) is 1.35. The summed E-state index contributed by atoms with van der Waals surface area (Å²) >= 11 is 9.66. The zero-order valence-corrected chi connectivity index (χ0v) is 13.2. The third kappa shape index (κ3) is 3.72. The molecule has 1 fully saturated rings. The molecule has 3 heteroatoms. The highest BCUT2D eigenvalue weighted by atomic mass is 79.9. The van der Waals surface area contributed by atoms with Gasteiger partial charge in [0.15, 0.2) is 0 Å². The van der Waals surface area contributed by atoms with E-state index in [4.69, 9.17) is 11.6 Å². The van der Waals surface area contributed by atoms with Gasteiger partial charge in [-0.1, -0.05) is 59.8 Å². The van der Waals surface area contributed by atoms with Crippen molar-refractivity contribution in [3.63, 3.8) is 0 Å². The molecule has 1 nitrogen and oxygen atoms in total. The van der Waals surface area contributed by atoms with Gasteiger partial charge in [0.25, 0.3) is 0 Å². The molecule has 0 amide bonds. The van der Waals surface area contributed by atoms with Crippen molar-refractivity contribution in [2.45, 2.75) is 45.1 Å². The van der Waals surface area contributed by atoms with Crippen LogP contribution in [-0.4, -0.2) is 6.54 Å². The van der Waals surface area contributed by atoms with Crippen LogP contribution in [0.25, 0.3) is 0 Å². The van der Waals surface area contributed by atoms with Crippen LogP contribution in [0.15, 0.2) is 22.7 Å². The number of hydrogen-bond acceptors (Lipinski definition) is 1. The van der Waals surface area contributed by atoms with E-state index >= 15 is 0 Å². The zero-order valence-electron chi connectivity index (χ0n) is 10.9. The van der Waals surface area contributed by atoms with Crippen LogP contribution in [0.1, 0.15) is 50.6 Å². The van der Waals surface area contributed by atoms with Gasteiger partial charge < -0.3 is 5.32 Å². The van der Waals surface area contributed by atoms with Crippen molar-refractivity contribution < 1.29 is 0 Å². The monoisotopic (exact) mass is 329 g/mol. The Balaban J connectivity index is 2.09. The largest absolute Gasteiger partial charge is 0.310 e. The Morgan fingerprint density at radius 1 is 1.44 bits per heavy atom. The molecule has 1 saturated carbocycles. The van der Waals surface area contributed by atoms with E-state index in [1.807, 2.05) is 12.1 Å². The van der Waals surface area contributed by atoms with Gasteiger partial charge in [-0.05, 0) is 43.0 Å². The second kappa shape index (κ2) is 6.93. The van der Waals surface area contributed by atoms with Gasteiger partial charge in [0.2, 0.25) is 0 Å². The average Bonchev–Trinajstić information content (AvgIpc) is 2.28. The van der Waals surface area contributed by atoms with Crippen molar-refractivity contribution in [1.29, 1.82) is 0 Å². The van der Waals surface area contributed by atoms with E-state index in [0.717, 1.165) is 22.0 Å². The smallest absolute Gasteiger partial charge is 0.0417 e. The molecule has 1 aromatic rings. The van der Waals surface area contributed by atoms with Crippen molar-refractivity contribution >= 4 is 27.5 Å². The van der Waals surface area contributed by atoms with Crippen molar-refractivity contribution in [3.05, 3.63) is 33.3 Å². The Bertz CT molecular complexity index is 390. The van der Waals surface area contributed by atoms with E-state index in [1.165, 1.54) is 37.7 Å². The van der Waals surface area contributed by atoms with E-state index in [9.17, 15) is 0 Å². The quantitative estimate of drug-likeness (QED) is 0.743. The summed E-state index contributed by atoms with van der Waals surface area (Å²) in [5.74, 6) is 0.905. The van der Waals surface area contributed by atoms with Gasteiger partial charge in [-0.3, -0.25) is 0 Å². The number of rotatable bonds is 6. The Kier molecular flexibility index (Phi) is 5.53. The summed E-state index contributed by atoms with van der Waals surface area (Å²) in [6.07, 6.45) is 6.63. The highest BCUT2D eigenvalue weighted by Gasteiger charge is 2.23. The first kappa shape index (κ1) is 14.4. The van der Waals surface area contributed by atoms with Gasteiger partial charge in [0.05, 0.1) is 0 Å². The Labute approximate surface area is 123 Å². The first-order valence-electron chi connectivity index (χ1n) is 6.89. The third-order valence-electron chi connectivity index (χ3n) is 3.77. The highest BCUT2D eigenvalue weighted by molar-refractivity contribution is 9.10. The van der Waals surface area contributed by atoms with Crippen LogP contribution >= 0.6 is 27.5 Å². The minimum absolute atomic E-state index is 0.460. The van der Waals surface area contributed by atoms with Gasteiger partial charge in [-0.25, -0.2) is 0 Å². The molecule has 1 aromatic carbocycles. The lowest BCUT2D eigenvalue weighted by Crippen LogP contribution is -2.27. The van der Waals surface area contributed by atoms with E-state index in [0.29, 0.717) is 6.04 Å². The lowest BCUT2D eigenvalue weighted by Gasteiger charge is -2.31. The number of halogens is 2. The number of hydrogen-bond donors (Lipinski definition) is 1. The van der Waals surface area contributed by atoms with E-state index in [1.54, 1.807) is 0 Å². The lowest BCUT2D eigenvalue weighted by molar-refractivity contribution is 0.261. The minimum atomic E-state index is 0.460. The molecule has 0 heterocycles. The first-order valence-corrected chi connectivity index (χ1v) is 8.06. The fraction of sp³-hybridized carbons (Fsp3) is 0.600. The van der Waals surface area contributed by atoms with Crippen LogP contribution < -0.4 is 5.32 Å². The molecular weight excluding hydrogens is 310 g/mol. The zero-order chi connectivity index (χ0) is 13.0. The molecule has 0 bridgehead atoms. The second-order valence-electron chi connectivity index (χ2n) is 5.21. The summed E-state index contributed by atoms with van der Waals surface area (Å²) < 4.78 is 1.13. The average molecular weight is 331 g/mol. The summed E-state index contributed by atoms with van der Waals surface area (Å²) in [4.78, 5) is 0. The molecule has 0 saturated heterocycles. The molecule has 1 aliphatic carbocycles. The lowest BCUT2D eigenvalue weighted by atomic mass is 9.79. The maximum absolute atomic E-state index is 6.02. The maximum Gasteiger partial charge on any atom is 0.0417 e. The molecule has 18 heavy (non-hydrogen) atoms. The molecule has 1 atom stereocenters. The summed E-state index contributed by atoms with van der Waals surface area (Å²) in [5, 5.41) is 4.47. The fourth-order valence-electron chi connectivity index (χ4n) is 2.48.